The van der Waals surface area contributed by atoms with Gasteiger partial charge in [-0.25, -0.2) is 13.6 Å². The standard InChI is InChI=1S/C16H14ClF2NO3/c1-3-9-8-10(17)13(16(22)23-4-2)15(21)20(9)14-11(18)6-5-7-12(14)19/h5-8H,3-4H2,1-2H3. The Morgan fingerprint density at radius 1 is 1.26 bits per heavy atom. The van der Waals surface area contributed by atoms with Crippen LogP contribution in [-0.4, -0.2) is 17.1 Å². The molecule has 0 atom stereocenters. The van der Waals surface area contributed by atoms with Gasteiger partial charge in [-0.3, -0.25) is 9.36 Å². The lowest BCUT2D eigenvalue weighted by Crippen LogP contribution is -2.30. The number of para-hydroxylation sites is 1. The Labute approximate surface area is 136 Å². The van der Waals surface area contributed by atoms with Crippen molar-refractivity contribution >= 4 is 17.6 Å². The van der Waals surface area contributed by atoms with Crippen molar-refractivity contribution in [1.82, 2.24) is 4.57 Å². The zero-order valence-corrected chi connectivity index (χ0v) is 13.3. The van der Waals surface area contributed by atoms with Crippen molar-refractivity contribution in [2.24, 2.45) is 0 Å². The highest BCUT2D eigenvalue weighted by Crippen LogP contribution is 2.22. The third-order valence-electron chi connectivity index (χ3n) is 3.24. The Kier molecular flexibility index (Phi) is 5.15. The lowest BCUT2D eigenvalue weighted by atomic mass is 10.1. The van der Waals surface area contributed by atoms with Gasteiger partial charge in [0.2, 0.25) is 0 Å². The summed E-state index contributed by atoms with van der Waals surface area (Å²) in [6.07, 6.45) is 0.284. The summed E-state index contributed by atoms with van der Waals surface area (Å²) in [5.41, 5.74) is -1.64. The van der Waals surface area contributed by atoms with Crippen molar-refractivity contribution in [2.75, 3.05) is 6.61 Å². The molecule has 4 nitrogen and oxygen atoms in total. The van der Waals surface area contributed by atoms with Crippen LogP contribution in [0.3, 0.4) is 0 Å². The van der Waals surface area contributed by atoms with Gasteiger partial charge in [-0.15, -0.1) is 0 Å². The molecule has 2 rings (SSSR count). The summed E-state index contributed by atoms with van der Waals surface area (Å²) in [6, 6.07) is 4.58. The Hall–Kier alpha value is -2.21. The lowest BCUT2D eigenvalue weighted by molar-refractivity contribution is 0.0524. The van der Waals surface area contributed by atoms with Crippen molar-refractivity contribution in [2.45, 2.75) is 20.3 Å². The molecule has 0 aliphatic heterocycles. The van der Waals surface area contributed by atoms with E-state index >= 15 is 0 Å². The Morgan fingerprint density at radius 3 is 2.39 bits per heavy atom. The topological polar surface area (TPSA) is 48.3 Å². The first-order valence-electron chi connectivity index (χ1n) is 6.98. The van der Waals surface area contributed by atoms with Gasteiger partial charge in [-0.05, 0) is 31.5 Å². The zero-order chi connectivity index (χ0) is 17.1. The smallest absolute Gasteiger partial charge is 0.345 e. The third kappa shape index (κ3) is 3.12. The van der Waals surface area contributed by atoms with Gasteiger partial charge >= 0.3 is 5.97 Å². The van der Waals surface area contributed by atoms with Gasteiger partial charge in [0.1, 0.15) is 22.9 Å². The number of nitrogens with zero attached hydrogens (tertiary/aromatic N) is 1. The van der Waals surface area contributed by atoms with E-state index < -0.39 is 34.4 Å². The van der Waals surface area contributed by atoms with E-state index in [4.69, 9.17) is 16.3 Å². The number of rotatable bonds is 4. The molecule has 0 saturated heterocycles. The fraction of sp³-hybridized carbons (Fsp3) is 0.250. The van der Waals surface area contributed by atoms with E-state index in [-0.39, 0.29) is 23.7 Å². The van der Waals surface area contributed by atoms with Crippen molar-refractivity contribution in [1.29, 1.82) is 0 Å². The number of esters is 1. The maximum absolute atomic E-state index is 14.1. The molecule has 2 aromatic rings. The second-order valence-corrected chi connectivity index (χ2v) is 5.05. The summed E-state index contributed by atoms with van der Waals surface area (Å²) >= 11 is 5.98. The molecule has 1 aromatic carbocycles. The Balaban J connectivity index is 2.85. The van der Waals surface area contributed by atoms with Crippen LogP contribution in [0.15, 0.2) is 29.1 Å². The highest BCUT2D eigenvalue weighted by Gasteiger charge is 2.24. The molecule has 0 spiro atoms. The second kappa shape index (κ2) is 6.91. The zero-order valence-electron chi connectivity index (χ0n) is 12.5. The maximum atomic E-state index is 14.1. The molecule has 23 heavy (non-hydrogen) atoms. The van der Waals surface area contributed by atoms with E-state index in [0.29, 0.717) is 0 Å². The molecule has 1 aromatic heterocycles. The van der Waals surface area contributed by atoms with Crippen LogP contribution in [0.1, 0.15) is 29.9 Å². The number of aryl methyl sites for hydroxylation is 1. The summed E-state index contributed by atoms with van der Waals surface area (Å²) < 4.78 is 33.7. The Bertz CT molecular complexity index is 797. The average Bonchev–Trinajstić information content (AvgIpc) is 2.49. The minimum Gasteiger partial charge on any atom is -0.462 e. The van der Waals surface area contributed by atoms with Gasteiger partial charge in [0.05, 0.1) is 11.6 Å². The molecule has 122 valence electrons. The lowest BCUT2D eigenvalue weighted by Gasteiger charge is -2.16. The summed E-state index contributed by atoms with van der Waals surface area (Å²) in [5.74, 6) is -2.77. The summed E-state index contributed by atoms with van der Waals surface area (Å²) in [7, 11) is 0. The van der Waals surface area contributed by atoms with Crippen LogP contribution in [0, 0.1) is 11.6 Å². The van der Waals surface area contributed by atoms with Crippen LogP contribution in [0.5, 0.6) is 0 Å². The van der Waals surface area contributed by atoms with Gasteiger partial charge in [0.25, 0.3) is 5.56 Å². The molecule has 7 heteroatoms. The maximum Gasteiger partial charge on any atom is 0.345 e. The van der Waals surface area contributed by atoms with Gasteiger partial charge in [0, 0.05) is 5.69 Å². The van der Waals surface area contributed by atoms with E-state index in [0.717, 1.165) is 16.7 Å². The van der Waals surface area contributed by atoms with E-state index in [2.05, 4.69) is 0 Å². The molecule has 0 radical (unpaired) electrons. The number of halogens is 3. The summed E-state index contributed by atoms with van der Waals surface area (Å²) in [6.45, 7) is 3.31. The SMILES string of the molecule is CCOC(=O)c1c(Cl)cc(CC)n(-c2c(F)cccc2F)c1=O. The van der Waals surface area contributed by atoms with E-state index in [1.54, 1.807) is 13.8 Å². The Morgan fingerprint density at radius 2 is 1.87 bits per heavy atom. The summed E-state index contributed by atoms with van der Waals surface area (Å²) in [4.78, 5) is 24.6. The number of benzene rings is 1. The predicted octanol–water partition coefficient (Wildman–Crippen LogP) is 3.51. The molecule has 0 aliphatic rings. The number of ether oxygens (including phenoxy) is 1. The van der Waals surface area contributed by atoms with Gasteiger partial charge in [-0.2, -0.15) is 0 Å². The minimum absolute atomic E-state index is 0.0399. The first kappa shape index (κ1) is 17.1. The van der Waals surface area contributed by atoms with Crippen LogP contribution < -0.4 is 5.56 Å². The number of hydrogen-bond acceptors (Lipinski definition) is 3. The number of aromatic nitrogens is 1. The number of carbonyl (C=O) groups excluding carboxylic acids is 1. The normalized spacial score (nSPS) is 10.7. The van der Waals surface area contributed by atoms with E-state index in [9.17, 15) is 18.4 Å². The molecule has 0 saturated carbocycles. The fourth-order valence-corrected chi connectivity index (χ4v) is 2.51. The highest BCUT2D eigenvalue weighted by atomic mass is 35.5. The molecular weight excluding hydrogens is 328 g/mol. The average molecular weight is 342 g/mol. The third-order valence-corrected chi connectivity index (χ3v) is 3.54. The molecular formula is C16H14ClF2NO3. The van der Waals surface area contributed by atoms with Crippen molar-refractivity contribution in [3.63, 3.8) is 0 Å². The van der Waals surface area contributed by atoms with Crippen LogP contribution >= 0.6 is 11.6 Å². The molecule has 0 bridgehead atoms. The first-order valence-corrected chi connectivity index (χ1v) is 7.36. The largest absolute Gasteiger partial charge is 0.462 e. The minimum atomic E-state index is -0.935. The van der Waals surface area contributed by atoms with Gasteiger partial charge in [-0.1, -0.05) is 24.6 Å². The van der Waals surface area contributed by atoms with Gasteiger partial charge in [0.15, 0.2) is 0 Å². The molecule has 0 N–H and O–H groups in total. The van der Waals surface area contributed by atoms with Crippen LogP contribution in [-0.2, 0) is 11.2 Å². The molecule has 0 fully saturated rings. The quantitative estimate of drug-likeness (QED) is 0.800. The predicted molar refractivity (Wildman–Crippen MR) is 82.3 cm³/mol. The number of pyridine rings is 1. The van der Waals surface area contributed by atoms with Crippen molar-refractivity contribution < 1.29 is 18.3 Å². The van der Waals surface area contributed by atoms with Crippen LogP contribution in [0.4, 0.5) is 8.78 Å². The highest BCUT2D eigenvalue weighted by molar-refractivity contribution is 6.33. The van der Waals surface area contributed by atoms with Crippen LogP contribution in [0.2, 0.25) is 5.02 Å². The molecule has 0 unspecified atom stereocenters. The molecule has 0 amide bonds. The van der Waals surface area contributed by atoms with Crippen molar-refractivity contribution in [3.8, 4) is 5.69 Å². The monoisotopic (exact) mass is 341 g/mol. The second-order valence-electron chi connectivity index (χ2n) is 4.64. The van der Waals surface area contributed by atoms with E-state index in [1.807, 2.05) is 0 Å². The van der Waals surface area contributed by atoms with E-state index in [1.165, 1.54) is 12.1 Å². The fourth-order valence-electron chi connectivity index (χ4n) is 2.22. The summed E-state index contributed by atoms with van der Waals surface area (Å²) in [5, 5.41) is -0.113. The number of hydrogen-bond donors (Lipinski definition) is 0. The molecule has 0 aliphatic carbocycles. The first-order chi connectivity index (χ1) is 10.9. The number of carbonyl (C=O) groups is 1. The van der Waals surface area contributed by atoms with Gasteiger partial charge < -0.3 is 4.74 Å². The molecule has 1 heterocycles. The van der Waals surface area contributed by atoms with Crippen LogP contribution in [0.25, 0.3) is 5.69 Å². The van der Waals surface area contributed by atoms with Crippen molar-refractivity contribution in [3.05, 3.63) is 62.5 Å².